The fourth-order valence-corrected chi connectivity index (χ4v) is 2.51. The van der Waals surface area contributed by atoms with E-state index in [9.17, 15) is 14.0 Å². The van der Waals surface area contributed by atoms with E-state index in [1.165, 1.54) is 12.1 Å². The largest absolute Gasteiger partial charge is 0.344 e. The molecular weight excluding hydrogens is 259 g/mol. The first-order chi connectivity index (χ1) is 9.58. The Morgan fingerprint density at radius 1 is 1.40 bits per heavy atom. The molecule has 3 rings (SSSR count). The normalized spacial score (nSPS) is 19.8. The first kappa shape index (κ1) is 12.7. The van der Waals surface area contributed by atoms with Crippen LogP contribution in [0.3, 0.4) is 0 Å². The second-order valence-corrected chi connectivity index (χ2v) is 4.86. The summed E-state index contributed by atoms with van der Waals surface area (Å²) in [4.78, 5) is 29.1. The molecule has 0 fully saturated rings. The second-order valence-electron chi connectivity index (χ2n) is 4.86. The van der Waals surface area contributed by atoms with Crippen LogP contribution in [0.1, 0.15) is 18.1 Å². The number of ketones is 1. The van der Waals surface area contributed by atoms with Crippen molar-refractivity contribution in [3.8, 4) is 0 Å². The van der Waals surface area contributed by atoms with Crippen molar-refractivity contribution in [1.82, 2.24) is 4.90 Å². The summed E-state index contributed by atoms with van der Waals surface area (Å²) >= 11 is 0. The highest BCUT2D eigenvalue weighted by atomic mass is 19.1. The minimum atomic E-state index is -0.371. The van der Waals surface area contributed by atoms with E-state index in [4.69, 9.17) is 0 Å². The first-order valence-electron chi connectivity index (χ1n) is 6.48. The molecule has 4 nitrogen and oxygen atoms in total. The third-order valence-corrected chi connectivity index (χ3v) is 3.57. The number of hydrogen-bond donors (Lipinski definition) is 0. The zero-order valence-electron chi connectivity index (χ0n) is 11.0. The Morgan fingerprint density at radius 3 is 2.90 bits per heavy atom. The van der Waals surface area contributed by atoms with Crippen LogP contribution in [0.4, 0.5) is 9.18 Å². The summed E-state index contributed by atoms with van der Waals surface area (Å²) in [5.41, 5.74) is 2.43. The predicted molar refractivity (Wildman–Crippen MR) is 73.2 cm³/mol. The first-order valence-corrected chi connectivity index (χ1v) is 6.48. The van der Waals surface area contributed by atoms with Crippen molar-refractivity contribution in [2.75, 3.05) is 13.1 Å². The van der Waals surface area contributed by atoms with Crippen molar-refractivity contribution in [2.45, 2.75) is 13.3 Å². The van der Waals surface area contributed by atoms with Gasteiger partial charge in [0.1, 0.15) is 5.82 Å². The Hall–Kier alpha value is -2.30. The summed E-state index contributed by atoms with van der Waals surface area (Å²) in [5, 5.41) is 0. The second kappa shape index (κ2) is 4.67. The highest BCUT2D eigenvalue weighted by Gasteiger charge is 2.27. The maximum Gasteiger partial charge on any atom is 0.344 e. The molecule has 102 valence electrons. The molecule has 0 radical (unpaired) electrons. The van der Waals surface area contributed by atoms with Crippen molar-refractivity contribution in [1.29, 1.82) is 0 Å². The molecule has 0 aromatic heterocycles. The van der Waals surface area contributed by atoms with Gasteiger partial charge in [0, 0.05) is 18.5 Å². The molecule has 1 aliphatic heterocycles. The Balaban J connectivity index is 1.98. The molecule has 2 amide bonds. The third kappa shape index (κ3) is 2.05. The maximum absolute atomic E-state index is 13.3. The molecule has 1 heterocycles. The fourth-order valence-electron chi connectivity index (χ4n) is 2.51. The number of rotatable bonds is 2. The van der Waals surface area contributed by atoms with E-state index in [0.717, 1.165) is 5.56 Å². The van der Waals surface area contributed by atoms with Crippen LogP contribution >= 0.6 is 0 Å². The van der Waals surface area contributed by atoms with Crippen LogP contribution in [0.15, 0.2) is 29.3 Å². The summed E-state index contributed by atoms with van der Waals surface area (Å²) < 4.78 is 13.3. The van der Waals surface area contributed by atoms with Crippen LogP contribution in [-0.2, 0) is 11.2 Å². The number of benzene rings is 1. The molecule has 0 saturated heterocycles. The molecule has 5 heteroatoms. The van der Waals surface area contributed by atoms with Gasteiger partial charge in [0.2, 0.25) is 0 Å². The minimum Gasteiger partial charge on any atom is -0.317 e. The van der Waals surface area contributed by atoms with Gasteiger partial charge in [-0.1, -0.05) is 6.07 Å². The van der Waals surface area contributed by atoms with Crippen LogP contribution in [0.5, 0.6) is 0 Å². The van der Waals surface area contributed by atoms with E-state index in [-0.39, 0.29) is 24.1 Å². The van der Waals surface area contributed by atoms with Gasteiger partial charge in [0.15, 0.2) is 5.78 Å². The number of hydrogen-bond acceptors (Lipinski definition) is 2. The zero-order chi connectivity index (χ0) is 14.3. The molecular formula is C15H13FN2O2. The smallest absolute Gasteiger partial charge is 0.317 e. The zero-order valence-corrected chi connectivity index (χ0v) is 11.0. The van der Waals surface area contributed by atoms with Gasteiger partial charge < -0.3 is 4.90 Å². The molecule has 0 saturated carbocycles. The predicted octanol–water partition coefficient (Wildman–Crippen LogP) is 2.23. The Morgan fingerprint density at radius 2 is 2.20 bits per heavy atom. The van der Waals surface area contributed by atoms with E-state index in [1.807, 2.05) is 6.92 Å². The topological polar surface area (TPSA) is 49.7 Å². The highest BCUT2D eigenvalue weighted by Crippen LogP contribution is 2.30. The quantitative estimate of drug-likeness (QED) is 0.775. The van der Waals surface area contributed by atoms with Crippen LogP contribution in [-0.4, -0.2) is 35.5 Å². The van der Waals surface area contributed by atoms with Crippen LogP contribution < -0.4 is 0 Å². The van der Waals surface area contributed by atoms with E-state index >= 15 is 0 Å². The Bertz CT molecular complexity index is 676. The molecule has 1 aliphatic carbocycles. The van der Waals surface area contributed by atoms with Gasteiger partial charge in [-0.3, -0.25) is 4.79 Å². The number of allylic oxidation sites excluding steroid dienone is 1. The van der Waals surface area contributed by atoms with Gasteiger partial charge in [-0.25, -0.2) is 9.18 Å². The molecule has 0 N–H and O–H groups in total. The number of carbonyl (C=O) groups excluding carboxylic acids is 2. The van der Waals surface area contributed by atoms with E-state index in [0.29, 0.717) is 29.9 Å². The van der Waals surface area contributed by atoms with Crippen molar-refractivity contribution < 1.29 is 14.0 Å². The maximum atomic E-state index is 13.3. The van der Waals surface area contributed by atoms with Crippen molar-refractivity contribution in [3.63, 3.8) is 0 Å². The summed E-state index contributed by atoms with van der Waals surface area (Å²) in [6.07, 6.45) is 1.89. The van der Waals surface area contributed by atoms with Crippen LogP contribution in [0.2, 0.25) is 0 Å². The van der Waals surface area contributed by atoms with Crippen molar-refractivity contribution in [2.24, 2.45) is 4.99 Å². The van der Waals surface area contributed by atoms with Crippen molar-refractivity contribution >= 4 is 23.1 Å². The Labute approximate surface area is 115 Å². The molecule has 1 aromatic rings. The van der Waals surface area contributed by atoms with Gasteiger partial charge in [-0.2, -0.15) is 4.99 Å². The number of halogens is 1. The number of nitrogens with zero attached hydrogens (tertiary/aromatic N) is 2. The lowest BCUT2D eigenvalue weighted by Crippen LogP contribution is -2.25. The molecule has 0 spiro atoms. The number of Topliss-reactive ketones (excluding diaryl/α,β-unsaturated/α-hetero) is 1. The van der Waals surface area contributed by atoms with Gasteiger partial charge in [-0.05, 0) is 36.3 Å². The average Bonchev–Trinajstić information content (AvgIpc) is 2.91. The fraction of sp³-hybridized carbons (Fsp3) is 0.267. The molecule has 0 bridgehead atoms. The summed E-state index contributed by atoms with van der Waals surface area (Å²) in [5.74, 6) is -0.431. The third-order valence-electron chi connectivity index (χ3n) is 3.57. The number of fused-ring (bicyclic) bond motifs is 1. The van der Waals surface area contributed by atoms with Crippen LogP contribution in [0, 0.1) is 5.82 Å². The lowest BCUT2D eigenvalue weighted by molar-refractivity contribution is -0.112. The van der Waals surface area contributed by atoms with E-state index in [1.54, 1.807) is 17.0 Å². The number of aliphatic imine (C=N–C) groups is 1. The summed E-state index contributed by atoms with van der Waals surface area (Å²) in [6.45, 7) is 2.85. The number of urea groups is 1. The SMILES string of the molecule is CCN1CC(/C=C2\C(=O)Cc3ccc(F)cc32)=NC1=O. The van der Waals surface area contributed by atoms with Crippen molar-refractivity contribution in [3.05, 3.63) is 41.2 Å². The van der Waals surface area contributed by atoms with Gasteiger partial charge in [-0.15, -0.1) is 0 Å². The monoisotopic (exact) mass is 272 g/mol. The average molecular weight is 272 g/mol. The minimum absolute atomic E-state index is 0.0595. The van der Waals surface area contributed by atoms with Gasteiger partial charge >= 0.3 is 6.03 Å². The summed E-state index contributed by atoms with van der Waals surface area (Å²) in [7, 11) is 0. The molecule has 0 unspecified atom stereocenters. The molecule has 1 aromatic carbocycles. The molecule has 2 aliphatic rings. The molecule has 20 heavy (non-hydrogen) atoms. The standard InChI is InChI=1S/C15H13FN2O2/c1-2-18-8-11(17-15(18)20)7-13-12-6-10(16)4-3-9(12)5-14(13)19/h3-4,6-7H,2,5,8H2,1H3/b13-7-. The van der Waals surface area contributed by atoms with E-state index in [2.05, 4.69) is 4.99 Å². The summed E-state index contributed by atoms with van der Waals surface area (Å²) in [6, 6.07) is 4.05. The van der Waals surface area contributed by atoms with E-state index < -0.39 is 0 Å². The number of carbonyl (C=O) groups is 2. The van der Waals surface area contributed by atoms with Gasteiger partial charge in [0.25, 0.3) is 0 Å². The Kier molecular flexibility index (Phi) is 2.97. The highest BCUT2D eigenvalue weighted by molar-refractivity contribution is 6.30. The number of amides is 2. The lowest BCUT2D eigenvalue weighted by atomic mass is 10.1. The lowest BCUT2D eigenvalue weighted by Gasteiger charge is -2.09. The van der Waals surface area contributed by atoms with Gasteiger partial charge in [0.05, 0.1) is 12.3 Å². The molecule has 0 atom stereocenters. The van der Waals surface area contributed by atoms with Crippen LogP contribution in [0.25, 0.3) is 5.57 Å².